The molecule has 0 atom stereocenters. The smallest absolute Gasteiger partial charge is 0.286 e. The first kappa shape index (κ1) is 19.0. The molecular weight excluding hydrogens is 358 g/mol. The van der Waals surface area contributed by atoms with Gasteiger partial charge < -0.3 is 4.98 Å². The number of pyridine rings is 2. The van der Waals surface area contributed by atoms with Crippen LogP contribution in [0.3, 0.4) is 0 Å². The molecule has 28 heavy (non-hydrogen) atoms. The highest BCUT2D eigenvalue weighted by atomic mass is 16.6. The monoisotopic (exact) mass is 377 g/mol. The molecule has 1 aromatic carbocycles. The predicted octanol–water partition coefficient (Wildman–Crippen LogP) is 4.02. The van der Waals surface area contributed by atoms with Gasteiger partial charge in [-0.2, -0.15) is 5.10 Å². The Balaban J connectivity index is 0.00000109. The highest BCUT2D eigenvalue weighted by molar-refractivity contribution is 5.85. The van der Waals surface area contributed by atoms with Crippen molar-refractivity contribution in [2.45, 2.75) is 20.8 Å². The zero-order chi connectivity index (χ0) is 20.3. The van der Waals surface area contributed by atoms with Gasteiger partial charge in [0.2, 0.25) is 0 Å². The first-order chi connectivity index (χ1) is 13.5. The SMILES string of the molecule is CC.Cc1cccc(-n2ncc3ccc(-c4cc([N+](=O)[O-])c[nH]c4=O)cc32)n1. The van der Waals surface area contributed by atoms with Gasteiger partial charge in [0.25, 0.3) is 11.2 Å². The Morgan fingerprint density at radius 1 is 1.14 bits per heavy atom. The molecule has 3 aromatic heterocycles. The number of nitro groups is 1. The van der Waals surface area contributed by atoms with Crippen LogP contribution in [0.25, 0.3) is 27.8 Å². The summed E-state index contributed by atoms with van der Waals surface area (Å²) in [6, 6.07) is 12.2. The largest absolute Gasteiger partial charge is 0.322 e. The molecule has 0 saturated carbocycles. The topological polar surface area (TPSA) is 107 Å². The van der Waals surface area contributed by atoms with Crippen molar-refractivity contribution in [3.05, 3.63) is 81.0 Å². The van der Waals surface area contributed by atoms with E-state index in [2.05, 4.69) is 15.1 Å². The highest BCUT2D eigenvalue weighted by Gasteiger charge is 2.13. The van der Waals surface area contributed by atoms with Crippen LogP contribution in [-0.4, -0.2) is 24.7 Å². The minimum absolute atomic E-state index is 0.173. The summed E-state index contributed by atoms with van der Waals surface area (Å²) >= 11 is 0. The number of rotatable bonds is 3. The van der Waals surface area contributed by atoms with Crippen molar-refractivity contribution in [3.63, 3.8) is 0 Å². The van der Waals surface area contributed by atoms with Crippen LogP contribution in [0.4, 0.5) is 5.69 Å². The minimum atomic E-state index is -0.543. The summed E-state index contributed by atoms with van der Waals surface area (Å²) in [4.78, 5) is 29.5. The summed E-state index contributed by atoms with van der Waals surface area (Å²) in [7, 11) is 0. The van der Waals surface area contributed by atoms with Crippen molar-refractivity contribution in [1.29, 1.82) is 0 Å². The zero-order valence-electron chi connectivity index (χ0n) is 15.7. The lowest BCUT2D eigenvalue weighted by atomic mass is 10.1. The van der Waals surface area contributed by atoms with Gasteiger partial charge in [-0.25, -0.2) is 9.67 Å². The molecule has 0 aliphatic carbocycles. The molecule has 0 amide bonds. The Morgan fingerprint density at radius 3 is 2.64 bits per heavy atom. The van der Waals surface area contributed by atoms with Gasteiger partial charge >= 0.3 is 0 Å². The average molecular weight is 377 g/mol. The van der Waals surface area contributed by atoms with E-state index in [1.165, 1.54) is 6.07 Å². The number of hydrogen-bond acceptors (Lipinski definition) is 5. The Labute approximate surface area is 160 Å². The van der Waals surface area contributed by atoms with Crippen LogP contribution in [0.15, 0.2) is 59.7 Å². The quantitative estimate of drug-likeness (QED) is 0.429. The summed E-state index contributed by atoms with van der Waals surface area (Å²) in [6.45, 7) is 5.89. The van der Waals surface area contributed by atoms with Crippen LogP contribution < -0.4 is 5.56 Å². The second-order valence-corrected chi connectivity index (χ2v) is 5.82. The number of nitrogens with zero attached hydrogens (tertiary/aromatic N) is 4. The Bertz CT molecular complexity index is 1210. The number of fused-ring (bicyclic) bond motifs is 1. The van der Waals surface area contributed by atoms with E-state index >= 15 is 0 Å². The number of aromatic amines is 1. The fraction of sp³-hybridized carbons (Fsp3) is 0.150. The van der Waals surface area contributed by atoms with Crippen molar-refractivity contribution >= 4 is 16.6 Å². The van der Waals surface area contributed by atoms with Crippen molar-refractivity contribution in [2.75, 3.05) is 0 Å². The van der Waals surface area contributed by atoms with Crippen LogP contribution >= 0.6 is 0 Å². The van der Waals surface area contributed by atoms with E-state index in [0.717, 1.165) is 22.8 Å². The van der Waals surface area contributed by atoms with Gasteiger partial charge in [-0.3, -0.25) is 14.9 Å². The summed E-state index contributed by atoms with van der Waals surface area (Å²) < 4.78 is 1.68. The van der Waals surface area contributed by atoms with E-state index in [-0.39, 0.29) is 11.3 Å². The lowest BCUT2D eigenvalue weighted by Gasteiger charge is -2.05. The summed E-state index contributed by atoms with van der Waals surface area (Å²) in [5.74, 6) is 0.658. The normalized spacial score (nSPS) is 10.4. The summed E-state index contributed by atoms with van der Waals surface area (Å²) in [6.07, 6.45) is 2.80. The minimum Gasteiger partial charge on any atom is -0.322 e. The third kappa shape index (κ3) is 3.52. The molecule has 0 unspecified atom stereocenters. The van der Waals surface area contributed by atoms with Gasteiger partial charge in [-0.15, -0.1) is 0 Å². The number of aromatic nitrogens is 4. The van der Waals surface area contributed by atoms with Crippen LogP contribution in [0, 0.1) is 17.0 Å². The van der Waals surface area contributed by atoms with E-state index in [0.29, 0.717) is 11.4 Å². The Morgan fingerprint density at radius 2 is 1.93 bits per heavy atom. The average Bonchev–Trinajstić information content (AvgIpc) is 3.13. The Kier molecular flexibility index (Phi) is 5.30. The van der Waals surface area contributed by atoms with Gasteiger partial charge in [-0.05, 0) is 30.7 Å². The third-order valence-corrected chi connectivity index (χ3v) is 4.07. The lowest BCUT2D eigenvalue weighted by molar-refractivity contribution is -0.385. The maximum absolute atomic E-state index is 12.2. The van der Waals surface area contributed by atoms with Crippen LogP contribution in [0.5, 0.6) is 0 Å². The van der Waals surface area contributed by atoms with Crippen LogP contribution in [0.1, 0.15) is 19.5 Å². The van der Waals surface area contributed by atoms with Gasteiger partial charge in [-0.1, -0.05) is 32.0 Å². The standard InChI is InChI=1S/C18H13N5O3.C2H6/c1-11-3-2-4-17(21-11)22-16-7-12(5-6-13(16)9-20-22)15-8-14(23(25)26)10-19-18(15)24;1-2/h2-10H,1H3,(H,19,24);1-2H3. The highest BCUT2D eigenvalue weighted by Crippen LogP contribution is 2.25. The fourth-order valence-corrected chi connectivity index (χ4v) is 2.81. The van der Waals surface area contributed by atoms with Crippen LogP contribution in [0.2, 0.25) is 0 Å². The molecular formula is C20H19N5O3. The van der Waals surface area contributed by atoms with E-state index < -0.39 is 10.5 Å². The molecule has 0 saturated heterocycles. The molecule has 0 fully saturated rings. The molecule has 0 spiro atoms. The fourth-order valence-electron chi connectivity index (χ4n) is 2.81. The van der Waals surface area contributed by atoms with Crippen molar-refractivity contribution in [2.24, 2.45) is 0 Å². The molecule has 8 heteroatoms. The predicted molar refractivity (Wildman–Crippen MR) is 108 cm³/mol. The maximum Gasteiger partial charge on any atom is 0.286 e. The first-order valence-corrected chi connectivity index (χ1v) is 8.82. The number of aryl methyl sites for hydroxylation is 1. The second-order valence-electron chi connectivity index (χ2n) is 5.82. The van der Waals surface area contributed by atoms with Gasteiger partial charge in [0, 0.05) is 17.1 Å². The Hall–Kier alpha value is -3.81. The number of nitrogens with one attached hydrogen (secondary N) is 1. The zero-order valence-corrected chi connectivity index (χ0v) is 15.7. The molecule has 3 heterocycles. The molecule has 0 bridgehead atoms. The molecule has 142 valence electrons. The van der Waals surface area contributed by atoms with Crippen molar-refractivity contribution < 1.29 is 4.92 Å². The van der Waals surface area contributed by atoms with E-state index in [1.54, 1.807) is 23.0 Å². The maximum atomic E-state index is 12.2. The van der Waals surface area contributed by atoms with Gasteiger partial charge in [0.15, 0.2) is 5.82 Å². The summed E-state index contributed by atoms with van der Waals surface area (Å²) in [5, 5.41) is 16.2. The van der Waals surface area contributed by atoms with Crippen LogP contribution in [-0.2, 0) is 0 Å². The van der Waals surface area contributed by atoms with E-state index in [9.17, 15) is 14.9 Å². The molecule has 0 aliphatic heterocycles. The molecule has 4 aromatic rings. The molecule has 1 N–H and O–H groups in total. The first-order valence-electron chi connectivity index (χ1n) is 8.82. The van der Waals surface area contributed by atoms with E-state index in [4.69, 9.17) is 0 Å². The molecule has 0 radical (unpaired) electrons. The molecule has 4 rings (SSSR count). The summed E-state index contributed by atoms with van der Waals surface area (Å²) in [5.41, 5.74) is 1.84. The van der Waals surface area contributed by atoms with Crippen molar-refractivity contribution in [1.82, 2.24) is 19.7 Å². The number of H-pyrrole nitrogens is 1. The van der Waals surface area contributed by atoms with Gasteiger partial charge in [0.05, 0.1) is 28.4 Å². The number of benzene rings is 1. The van der Waals surface area contributed by atoms with E-state index in [1.807, 2.05) is 45.0 Å². The molecule has 0 aliphatic rings. The second kappa shape index (κ2) is 7.83. The molecule has 8 nitrogen and oxygen atoms in total. The number of hydrogen-bond donors (Lipinski definition) is 1. The van der Waals surface area contributed by atoms with Crippen molar-refractivity contribution in [3.8, 4) is 16.9 Å². The third-order valence-electron chi connectivity index (χ3n) is 4.07. The lowest BCUT2D eigenvalue weighted by Crippen LogP contribution is -2.09. The van der Waals surface area contributed by atoms with Gasteiger partial charge in [0.1, 0.15) is 0 Å².